The molecule has 0 unspecified atom stereocenters. The predicted octanol–water partition coefficient (Wildman–Crippen LogP) is -0.0559. The van der Waals surface area contributed by atoms with Gasteiger partial charge in [-0.05, 0) is 37.1 Å². The number of benzene rings is 1. The van der Waals surface area contributed by atoms with E-state index < -0.39 is 26.0 Å². The smallest absolute Gasteiger partial charge is 0.238 e. The molecule has 1 aliphatic rings. The number of nitrogens with zero attached hydrogens (tertiary/aromatic N) is 1. The molecule has 0 bridgehead atoms. The van der Waals surface area contributed by atoms with Gasteiger partial charge in [0.05, 0.1) is 17.1 Å². The summed E-state index contributed by atoms with van der Waals surface area (Å²) in [5.41, 5.74) is 0.430. The van der Waals surface area contributed by atoms with Crippen molar-refractivity contribution in [3.63, 3.8) is 0 Å². The molecule has 0 aliphatic carbocycles. The zero-order valence-corrected chi connectivity index (χ0v) is 14.2. The second-order valence-electron chi connectivity index (χ2n) is 5.52. The van der Waals surface area contributed by atoms with Crippen LogP contribution < -0.4 is 10.5 Å². The molecule has 1 aromatic carbocycles. The van der Waals surface area contributed by atoms with Gasteiger partial charge in [0, 0.05) is 18.8 Å². The molecule has 1 fully saturated rings. The lowest BCUT2D eigenvalue weighted by molar-refractivity contribution is -0.120. The van der Waals surface area contributed by atoms with Gasteiger partial charge in [0.15, 0.2) is 0 Å². The first-order valence-electron chi connectivity index (χ1n) is 6.96. The summed E-state index contributed by atoms with van der Waals surface area (Å²) in [5, 5.41) is 7.67. The Kier molecular flexibility index (Phi) is 5.09. The second kappa shape index (κ2) is 6.56. The van der Waals surface area contributed by atoms with Crippen LogP contribution in [0.4, 0.5) is 5.69 Å². The van der Waals surface area contributed by atoms with E-state index >= 15 is 0 Å². The minimum absolute atomic E-state index is 0.0450. The number of nitrogens with one attached hydrogen (secondary N) is 1. The normalized spacial score (nSPS) is 20.2. The zero-order valence-electron chi connectivity index (χ0n) is 12.6. The summed E-state index contributed by atoms with van der Waals surface area (Å²) >= 11 is 0. The van der Waals surface area contributed by atoms with Crippen LogP contribution in [0.1, 0.15) is 12.8 Å². The third-order valence-corrected chi connectivity index (χ3v) is 5.87. The summed E-state index contributed by atoms with van der Waals surface area (Å²) in [5.74, 6) is -0.724. The van der Waals surface area contributed by atoms with Gasteiger partial charge >= 0.3 is 0 Å². The number of hydrogen-bond acceptors (Lipinski definition) is 5. The molecule has 2 rings (SSSR count). The average molecular weight is 361 g/mol. The monoisotopic (exact) mass is 361 g/mol. The van der Waals surface area contributed by atoms with Crippen molar-refractivity contribution in [1.82, 2.24) is 4.31 Å². The van der Waals surface area contributed by atoms with Crippen LogP contribution in [0.3, 0.4) is 0 Å². The molecular weight excluding hydrogens is 342 g/mol. The van der Waals surface area contributed by atoms with Crippen LogP contribution in [0.25, 0.3) is 0 Å². The lowest BCUT2D eigenvalue weighted by atomic mass is 9.99. The molecule has 128 valence electrons. The molecule has 3 N–H and O–H groups in total. The molecule has 1 heterocycles. The van der Waals surface area contributed by atoms with Crippen LogP contribution in [-0.4, -0.2) is 46.4 Å². The number of nitrogens with two attached hydrogens (primary N) is 1. The third-order valence-electron chi connectivity index (χ3n) is 3.67. The number of rotatable bonds is 4. The first-order chi connectivity index (χ1) is 10.6. The highest BCUT2D eigenvalue weighted by Gasteiger charge is 2.30. The van der Waals surface area contributed by atoms with Crippen LogP contribution in [-0.2, 0) is 24.8 Å². The molecule has 23 heavy (non-hydrogen) atoms. The highest BCUT2D eigenvalue weighted by Crippen LogP contribution is 2.21. The summed E-state index contributed by atoms with van der Waals surface area (Å²) < 4.78 is 46.8. The lowest BCUT2D eigenvalue weighted by Crippen LogP contribution is -2.43. The fourth-order valence-electron chi connectivity index (χ4n) is 2.43. The Morgan fingerprint density at radius 2 is 1.83 bits per heavy atom. The summed E-state index contributed by atoms with van der Waals surface area (Å²) in [6.07, 6.45) is 2.35. The van der Waals surface area contributed by atoms with Crippen LogP contribution >= 0.6 is 0 Å². The minimum Gasteiger partial charge on any atom is -0.326 e. The summed E-state index contributed by atoms with van der Waals surface area (Å²) in [6.45, 7) is 0.575. The van der Waals surface area contributed by atoms with Crippen LogP contribution in [0.15, 0.2) is 29.2 Å². The number of anilines is 1. The standard InChI is InChI=1S/C13H19N3O5S2/c1-22(18,19)16-8-2-3-10(9-16)13(17)15-11-4-6-12(7-5-11)23(14,20)21/h4-7,10H,2-3,8-9H2,1H3,(H,15,17)(H2,14,20,21)/t10-/m1/s1. The van der Waals surface area contributed by atoms with Crippen molar-refractivity contribution in [2.24, 2.45) is 11.1 Å². The van der Waals surface area contributed by atoms with Gasteiger partial charge in [0.2, 0.25) is 26.0 Å². The zero-order chi connectivity index (χ0) is 17.3. The van der Waals surface area contributed by atoms with Gasteiger partial charge in [0.1, 0.15) is 0 Å². The Morgan fingerprint density at radius 3 is 2.35 bits per heavy atom. The van der Waals surface area contributed by atoms with E-state index in [9.17, 15) is 21.6 Å². The molecule has 1 amide bonds. The van der Waals surface area contributed by atoms with Gasteiger partial charge in [-0.25, -0.2) is 26.3 Å². The second-order valence-corrected chi connectivity index (χ2v) is 9.06. The molecular formula is C13H19N3O5S2. The molecule has 0 saturated carbocycles. The van der Waals surface area contributed by atoms with Crippen molar-refractivity contribution in [3.05, 3.63) is 24.3 Å². The molecule has 0 spiro atoms. The van der Waals surface area contributed by atoms with E-state index in [2.05, 4.69) is 5.32 Å². The average Bonchev–Trinajstić information content (AvgIpc) is 2.46. The van der Waals surface area contributed by atoms with Gasteiger partial charge < -0.3 is 5.32 Å². The van der Waals surface area contributed by atoms with Gasteiger partial charge in [-0.3, -0.25) is 4.79 Å². The fraction of sp³-hybridized carbons (Fsp3) is 0.462. The summed E-state index contributed by atoms with van der Waals surface area (Å²) in [6, 6.07) is 5.48. The summed E-state index contributed by atoms with van der Waals surface area (Å²) in [7, 11) is -7.09. The maximum atomic E-state index is 12.2. The van der Waals surface area contributed by atoms with Crippen molar-refractivity contribution in [2.45, 2.75) is 17.7 Å². The number of carbonyl (C=O) groups excluding carboxylic acids is 1. The Balaban J connectivity index is 2.04. The number of amides is 1. The molecule has 10 heteroatoms. The maximum absolute atomic E-state index is 12.2. The van der Waals surface area contributed by atoms with Crippen molar-refractivity contribution in [2.75, 3.05) is 24.7 Å². The fourth-order valence-corrected chi connectivity index (χ4v) is 3.86. The molecule has 1 atom stereocenters. The van der Waals surface area contributed by atoms with Crippen molar-refractivity contribution in [1.29, 1.82) is 0 Å². The van der Waals surface area contributed by atoms with Crippen molar-refractivity contribution < 1.29 is 21.6 Å². The predicted molar refractivity (Wildman–Crippen MR) is 85.6 cm³/mol. The van der Waals surface area contributed by atoms with Crippen LogP contribution in [0.2, 0.25) is 0 Å². The number of sulfonamides is 2. The highest BCUT2D eigenvalue weighted by molar-refractivity contribution is 7.89. The van der Waals surface area contributed by atoms with Gasteiger partial charge in [0.25, 0.3) is 0 Å². The maximum Gasteiger partial charge on any atom is 0.238 e. The molecule has 1 saturated heterocycles. The highest BCUT2D eigenvalue weighted by atomic mass is 32.2. The molecule has 0 radical (unpaired) electrons. The number of hydrogen-bond donors (Lipinski definition) is 2. The van der Waals surface area contributed by atoms with Crippen molar-refractivity contribution in [3.8, 4) is 0 Å². The Labute approximate surface area is 135 Å². The Hall–Kier alpha value is -1.49. The molecule has 1 aliphatic heterocycles. The van der Waals surface area contributed by atoms with E-state index in [0.717, 1.165) is 6.26 Å². The largest absolute Gasteiger partial charge is 0.326 e. The molecule has 0 aromatic heterocycles. The van der Waals surface area contributed by atoms with Crippen LogP contribution in [0, 0.1) is 5.92 Å². The van der Waals surface area contributed by atoms with E-state index in [1.807, 2.05) is 0 Å². The molecule has 1 aromatic rings. The molecule has 8 nitrogen and oxygen atoms in total. The van der Waals surface area contributed by atoms with E-state index in [1.165, 1.54) is 28.6 Å². The van der Waals surface area contributed by atoms with Gasteiger partial charge in [-0.15, -0.1) is 0 Å². The Morgan fingerprint density at radius 1 is 1.22 bits per heavy atom. The van der Waals surface area contributed by atoms with Gasteiger partial charge in [-0.2, -0.15) is 0 Å². The number of carbonyl (C=O) groups is 1. The number of primary sulfonamides is 1. The minimum atomic E-state index is -3.78. The third kappa shape index (κ3) is 4.74. The summed E-state index contributed by atoms with van der Waals surface area (Å²) in [4.78, 5) is 12.2. The van der Waals surface area contributed by atoms with E-state index in [-0.39, 0.29) is 17.3 Å². The van der Waals surface area contributed by atoms with Gasteiger partial charge in [-0.1, -0.05) is 0 Å². The Bertz CT molecular complexity index is 787. The van der Waals surface area contributed by atoms with Crippen molar-refractivity contribution >= 4 is 31.6 Å². The lowest BCUT2D eigenvalue weighted by Gasteiger charge is -2.30. The van der Waals surface area contributed by atoms with E-state index in [4.69, 9.17) is 5.14 Å². The van der Waals surface area contributed by atoms with E-state index in [1.54, 1.807) is 0 Å². The van der Waals surface area contributed by atoms with E-state index in [0.29, 0.717) is 25.1 Å². The van der Waals surface area contributed by atoms with Crippen LogP contribution in [0.5, 0.6) is 0 Å². The SMILES string of the molecule is CS(=O)(=O)N1CCC[C@@H](C(=O)Nc2ccc(S(N)(=O)=O)cc2)C1. The number of piperidine rings is 1. The first-order valence-corrected chi connectivity index (χ1v) is 10.4. The quantitative estimate of drug-likeness (QED) is 0.777. The first kappa shape index (κ1) is 17.9. The topological polar surface area (TPSA) is 127 Å².